The molecule has 0 spiro atoms. The molecule has 0 saturated heterocycles. The summed E-state index contributed by atoms with van der Waals surface area (Å²) >= 11 is 0. The Morgan fingerprint density at radius 3 is 2.08 bits per heavy atom. The van der Waals surface area contributed by atoms with Crippen LogP contribution in [0.2, 0.25) is 0 Å². The van der Waals surface area contributed by atoms with Gasteiger partial charge in [0.15, 0.2) is 5.72 Å². The SMILES string of the molecule is CN(C)C(C)(C)Oc1ccccc1. The highest BCUT2D eigenvalue weighted by Gasteiger charge is 2.21. The van der Waals surface area contributed by atoms with Crippen molar-refractivity contribution in [1.29, 1.82) is 0 Å². The first-order valence-electron chi connectivity index (χ1n) is 4.44. The van der Waals surface area contributed by atoms with E-state index in [-0.39, 0.29) is 5.72 Å². The summed E-state index contributed by atoms with van der Waals surface area (Å²) in [6.45, 7) is 4.08. The van der Waals surface area contributed by atoms with Gasteiger partial charge in [0.2, 0.25) is 0 Å². The van der Waals surface area contributed by atoms with Crippen LogP contribution in [0.5, 0.6) is 5.75 Å². The molecule has 0 amide bonds. The number of rotatable bonds is 3. The van der Waals surface area contributed by atoms with Crippen LogP contribution in [-0.2, 0) is 0 Å². The molecule has 0 bridgehead atoms. The maximum atomic E-state index is 5.79. The summed E-state index contributed by atoms with van der Waals surface area (Å²) in [5.74, 6) is 0.904. The highest BCUT2D eigenvalue weighted by molar-refractivity contribution is 5.21. The van der Waals surface area contributed by atoms with Crippen molar-refractivity contribution >= 4 is 0 Å². The van der Waals surface area contributed by atoms with Crippen molar-refractivity contribution < 1.29 is 4.74 Å². The summed E-state index contributed by atoms with van der Waals surface area (Å²) < 4.78 is 5.79. The third-order valence-corrected chi connectivity index (χ3v) is 2.19. The molecular formula is C11H17NO. The Morgan fingerprint density at radius 2 is 1.62 bits per heavy atom. The van der Waals surface area contributed by atoms with Gasteiger partial charge >= 0.3 is 0 Å². The van der Waals surface area contributed by atoms with Gasteiger partial charge in [0, 0.05) is 0 Å². The van der Waals surface area contributed by atoms with Crippen LogP contribution in [0.25, 0.3) is 0 Å². The van der Waals surface area contributed by atoms with E-state index in [0.29, 0.717) is 0 Å². The van der Waals surface area contributed by atoms with Crippen molar-refractivity contribution in [2.45, 2.75) is 19.6 Å². The molecule has 0 heterocycles. The van der Waals surface area contributed by atoms with Crippen molar-refractivity contribution in [1.82, 2.24) is 4.90 Å². The first kappa shape index (κ1) is 10.1. The quantitative estimate of drug-likeness (QED) is 0.660. The molecule has 0 unspecified atom stereocenters. The zero-order valence-corrected chi connectivity index (χ0v) is 8.74. The lowest BCUT2D eigenvalue weighted by atomic mass is 10.2. The van der Waals surface area contributed by atoms with Gasteiger partial charge in [0.1, 0.15) is 5.75 Å². The predicted molar refractivity (Wildman–Crippen MR) is 54.8 cm³/mol. The summed E-state index contributed by atoms with van der Waals surface area (Å²) in [6.07, 6.45) is 0. The molecule has 0 aromatic heterocycles. The first-order chi connectivity index (χ1) is 6.02. The normalized spacial score (nSPS) is 11.8. The molecule has 0 aliphatic rings. The van der Waals surface area contributed by atoms with E-state index in [1.165, 1.54) is 0 Å². The van der Waals surface area contributed by atoms with E-state index in [1.54, 1.807) is 0 Å². The van der Waals surface area contributed by atoms with E-state index in [1.807, 2.05) is 63.2 Å². The van der Waals surface area contributed by atoms with Crippen molar-refractivity contribution in [2.24, 2.45) is 0 Å². The molecule has 13 heavy (non-hydrogen) atoms. The third-order valence-electron chi connectivity index (χ3n) is 2.19. The van der Waals surface area contributed by atoms with Crippen molar-refractivity contribution in [2.75, 3.05) is 14.1 Å². The van der Waals surface area contributed by atoms with Crippen LogP contribution < -0.4 is 4.74 Å². The smallest absolute Gasteiger partial charge is 0.157 e. The third kappa shape index (κ3) is 2.74. The van der Waals surface area contributed by atoms with Crippen molar-refractivity contribution in [3.63, 3.8) is 0 Å². The number of hydrogen-bond donors (Lipinski definition) is 0. The van der Waals surface area contributed by atoms with Gasteiger partial charge in [-0.2, -0.15) is 0 Å². The lowest BCUT2D eigenvalue weighted by Crippen LogP contribution is -2.43. The second kappa shape index (κ2) is 3.79. The maximum absolute atomic E-state index is 5.79. The van der Waals surface area contributed by atoms with Gasteiger partial charge < -0.3 is 4.74 Å². The molecule has 2 heteroatoms. The second-order valence-electron chi connectivity index (χ2n) is 3.76. The van der Waals surface area contributed by atoms with Gasteiger partial charge in [0.25, 0.3) is 0 Å². The maximum Gasteiger partial charge on any atom is 0.157 e. The Kier molecular flexibility index (Phi) is 2.94. The predicted octanol–water partition coefficient (Wildman–Crippen LogP) is 2.36. The van der Waals surface area contributed by atoms with Crippen LogP contribution in [0, 0.1) is 0 Å². The highest BCUT2D eigenvalue weighted by atomic mass is 16.5. The monoisotopic (exact) mass is 179 g/mol. The fourth-order valence-electron chi connectivity index (χ4n) is 0.868. The number of ether oxygens (including phenoxy) is 1. The Labute approximate surface area is 80.1 Å². The summed E-state index contributed by atoms with van der Waals surface area (Å²) in [4.78, 5) is 2.04. The second-order valence-corrected chi connectivity index (χ2v) is 3.76. The standard InChI is InChI=1S/C11H17NO/c1-11(2,12(3)4)13-10-8-6-5-7-9-10/h5-9H,1-4H3. The molecule has 0 N–H and O–H groups in total. The molecule has 0 aliphatic carbocycles. The van der Waals surface area contributed by atoms with E-state index < -0.39 is 0 Å². The van der Waals surface area contributed by atoms with Crippen LogP contribution in [-0.4, -0.2) is 24.7 Å². The van der Waals surface area contributed by atoms with Gasteiger partial charge in [-0.25, -0.2) is 0 Å². The Morgan fingerprint density at radius 1 is 1.08 bits per heavy atom. The minimum Gasteiger partial charge on any atom is -0.473 e. The van der Waals surface area contributed by atoms with Gasteiger partial charge in [-0.1, -0.05) is 18.2 Å². The van der Waals surface area contributed by atoms with E-state index in [2.05, 4.69) is 0 Å². The molecular weight excluding hydrogens is 162 g/mol. The highest BCUT2D eigenvalue weighted by Crippen LogP contribution is 2.18. The molecule has 72 valence electrons. The van der Waals surface area contributed by atoms with Gasteiger partial charge in [0.05, 0.1) is 0 Å². The molecule has 0 atom stereocenters. The van der Waals surface area contributed by atoms with E-state index in [0.717, 1.165) is 5.75 Å². The van der Waals surface area contributed by atoms with Gasteiger partial charge in [-0.3, -0.25) is 4.90 Å². The lowest BCUT2D eigenvalue weighted by molar-refractivity contribution is -0.0234. The molecule has 1 rings (SSSR count). The van der Waals surface area contributed by atoms with E-state index in [9.17, 15) is 0 Å². The topological polar surface area (TPSA) is 12.5 Å². The summed E-state index contributed by atoms with van der Waals surface area (Å²) in [5.41, 5.74) is -0.263. The van der Waals surface area contributed by atoms with E-state index >= 15 is 0 Å². The summed E-state index contributed by atoms with van der Waals surface area (Å²) in [7, 11) is 4.01. The molecule has 0 fully saturated rings. The lowest BCUT2D eigenvalue weighted by Gasteiger charge is -2.33. The van der Waals surface area contributed by atoms with Gasteiger partial charge in [-0.05, 0) is 40.1 Å². The molecule has 0 radical (unpaired) electrons. The Bertz CT molecular complexity index is 254. The Balaban J connectivity index is 2.69. The average Bonchev–Trinajstić information content (AvgIpc) is 2.05. The van der Waals surface area contributed by atoms with Crippen LogP contribution in [0.15, 0.2) is 30.3 Å². The van der Waals surface area contributed by atoms with Crippen molar-refractivity contribution in [3.05, 3.63) is 30.3 Å². The molecule has 1 aromatic carbocycles. The summed E-state index contributed by atoms with van der Waals surface area (Å²) in [6, 6.07) is 9.86. The number of hydrogen-bond acceptors (Lipinski definition) is 2. The van der Waals surface area contributed by atoms with Crippen LogP contribution in [0.4, 0.5) is 0 Å². The fraction of sp³-hybridized carbons (Fsp3) is 0.455. The molecule has 1 aromatic rings. The van der Waals surface area contributed by atoms with Gasteiger partial charge in [-0.15, -0.1) is 0 Å². The van der Waals surface area contributed by atoms with Crippen molar-refractivity contribution in [3.8, 4) is 5.75 Å². The minimum absolute atomic E-state index is 0.263. The molecule has 0 saturated carbocycles. The first-order valence-corrected chi connectivity index (χ1v) is 4.44. The molecule has 0 aliphatic heterocycles. The zero-order valence-electron chi connectivity index (χ0n) is 8.74. The van der Waals surface area contributed by atoms with Crippen LogP contribution in [0.1, 0.15) is 13.8 Å². The van der Waals surface area contributed by atoms with Crippen LogP contribution >= 0.6 is 0 Å². The molecule has 2 nitrogen and oxygen atoms in total. The average molecular weight is 179 g/mol. The number of nitrogens with zero attached hydrogens (tertiary/aromatic N) is 1. The summed E-state index contributed by atoms with van der Waals surface area (Å²) in [5, 5.41) is 0. The largest absolute Gasteiger partial charge is 0.473 e. The van der Waals surface area contributed by atoms with E-state index in [4.69, 9.17) is 4.74 Å². The zero-order chi connectivity index (χ0) is 9.90. The number of para-hydroxylation sites is 1. The fourth-order valence-corrected chi connectivity index (χ4v) is 0.868. The van der Waals surface area contributed by atoms with Crippen LogP contribution in [0.3, 0.4) is 0 Å². The minimum atomic E-state index is -0.263. The Hall–Kier alpha value is -1.02. The number of benzene rings is 1.